The van der Waals surface area contributed by atoms with E-state index >= 15 is 0 Å². The van der Waals surface area contributed by atoms with Crippen LogP contribution < -0.4 is 10.0 Å². The van der Waals surface area contributed by atoms with E-state index in [2.05, 4.69) is 17.0 Å². The second-order valence-corrected chi connectivity index (χ2v) is 6.22. The number of hydrogen-bond acceptors (Lipinski definition) is 3. The van der Waals surface area contributed by atoms with Gasteiger partial charge in [0.25, 0.3) is 0 Å². The maximum atomic E-state index is 12.1. The van der Waals surface area contributed by atoms with Crippen molar-refractivity contribution < 1.29 is 8.42 Å². The number of piperidine rings is 1. The lowest BCUT2D eigenvalue weighted by molar-refractivity contribution is 0.361. The zero-order valence-electron chi connectivity index (χ0n) is 9.89. The van der Waals surface area contributed by atoms with Gasteiger partial charge >= 0.3 is 0 Å². The molecule has 0 saturated carbocycles. The van der Waals surface area contributed by atoms with Gasteiger partial charge < -0.3 is 5.32 Å². The van der Waals surface area contributed by atoms with Gasteiger partial charge in [-0.1, -0.05) is 18.2 Å². The Morgan fingerprint density at radius 3 is 2.65 bits per heavy atom. The number of rotatable bonds is 3. The van der Waals surface area contributed by atoms with Crippen molar-refractivity contribution in [3.63, 3.8) is 0 Å². The van der Waals surface area contributed by atoms with E-state index in [1.165, 1.54) is 0 Å². The maximum Gasteiger partial charge on any atom is 0.240 e. The lowest BCUT2D eigenvalue weighted by Crippen LogP contribution is -2.46. The lowest BCUT2D eigenvalue weighted by Gasteiger charge is -2.28. The van der Waals surface area contributed by atoms with Crippen LogP contribution in [0, 0.1) is 0 Å². The Balaban J connectivity index is 2.07. The summed E-state index contributed by atoms with van der Waals surface area (Å²) in [6.45, 7) is 2.94. The average Bonchev–Trinajstić information content (AvgIpc) is 2.29. The van der Waals surface area contributed by atoms with E-state index in [-0.39, 0.29) is 6.04 Å². The molecule has 1 aromatic carbocycles. The Hall–Kier alpha value is -0.910. The smallest absolute Gasteiger partial charge is 0.240 e. The van der Waals surface area contributed by atoms with E-state index in [4.69, 9.17) is 0 Å². The van der Waals surface area contributed by atoms with Crippen molar-refractivity contribution in [2.24, 2.45) is 0 Å². The summed E-state index contributed by atoms with van der Waals surface area (Å²) in [4.78, 5) is 0.339. The molecule has 2 N–H and O–H groups in total. The van der Waals surface area contributed by atoms with Crippen LogP contribution in [-0.4, -0.2) is 27.0 Å². The number of benzene rings is 1. The molecule has 1 heterocycles. The molecule has 1 saturated heterocycles. The van der Waals surface area contributed by atoms with Crippen molar-refractivity contribution in [3.8, 4) is 0 Å². The minimum Gasteiger partial charge on any atom is -0.314 e. The van der Waals surface area contributed by atoms with E-state index < -0.39 is 10.0 Å². The molecule has 0 amide bonds. The molecule has 1 fully saturated rings. The summed E-state index contributed by atoms with van der Waals surface area (Å²) in [7, 11) is -3.36. The van der Waals surface area contributed by atoms with Crippen LogP contribution in [0.4, 0.5) is 0 Å². The molecule has 94 valence electrons. The Morgan fingerprint density at radius 2 is 2.00 bits per heavy atom. The monoisotopic (exact) mass is 254 g/mol. The van der Waals surface area contributed by atoms with E-state index in [0.717, 1.165) is 19.4 Å². The SMILES string of the molecule is CC1CC(NS(=O)(=O)c2ccccc2)CCN1. The summed E-state index contributed by atoms with van der Waals surface area (Å²) in [5.41, 5.74) is 0. The first-order valence-corrected chi connectivity index (χ1v) is 7.37. The Labute approximate surface area is 102 Å². The van der Waals surface area contributed by atoms with Crippen LogP contribution in [-0.2, 0) is 10.0 Å². The predicted octanol–water partition coefficient (Wildman–Crippen LogP) is 1.11. The number of hydrogen-bond donors (Lipinski definition) is 2. The highest BCUT2D eigenvalue weighted by molar-refractivity contribution is 7.89. The van der Waals surface area contributed by atoms with Crippen LogP contribution in [0.1, 0.15) is 19.8 Å². The van der Waals surface area contributed by atoms with Gasteiger partial charge in [-0.15, -0.1) is 0 Å². The van der Waals surface area contributed by atoms with Crippen LogP contribution in [0.25, 0.3) is 0 Å². The third kappa shape index (κ3) is 3.28. The Bertz CT molecular complexity index is 459. The molecular weight excluding hydrogens is 236 g/mol. The molecule has 0 bridgehead atoms. The molecule has 1 aromatic rings. The topological polar surface area (TPSA) is 58.2 Å². The van der Waals surface area contributed by atoms with Gasteiger partial charge in [0.05, 0.1) is 4.90 Å². The molecule has 0 radical (unpaired) electrons. The standard InChI is InChI=1S/C12H18N2O2S/c1-10-9-11(7-8-13-10)14-17(15,16)12-5-3-2-4-6-12/h2-6,10-11,13-14H,7-9H2,1H3. The fourth-order valence-electron chi connectivity index (χ4n) is 2.13. The quantitative estimate of drug-likeness (QED) is 0.849. The molecule has 1 aliphatic heterocycles. The molecule has 5 heteroatoms. The van der Waals surface area contributed by atoms with Gasteiger partial charge in [-0.25, -0.2) is 13.1 Å². The molecule has 0 aliphatic carbocycles. The maximum absolute atomic E-state index is 12.1. The Kier molecular flexibility index (Phi) is 3.81. The number of sulfonamides is 1. The molecule has 17 heavy (non-hydrogen) atoms. The fourth-order valence-corrected chi connectivity index (χ4v) is 3.43. The summed E-state index contributed by atoms with van der Waals surface area (Å²) >= 11 is 0. The molecule has 4 nitrogen and oxygen atoms in total. The fraction of sp³-hybridized carbons (Fsp3) is 0.500. The summed E-state index contributed by atoms with van der Waals surface area (Å²) in [5.74, 6) is 0. The lowest BCUT2D eigenvalue weighted by atomic mass is 10.0. The minimum atomic E-state index is -3.36. The highest BCUT2D eigenvalue weighted by Gasteiger charge is 2.23. The van der Waals surface area contributed by atoms with Gasteiger partial charge in [0.15, 0.2) is 0 Å². The van der Waals surface area contributed by atoms with Gasteiger partial charge in [0, 0.05) is 12.1 Å². The van der Waals surface area contributed by atoms with Crippen LogP contribution in [0.3, 0.4) is 0 Å². The molecule has 0 spiro atoms. The zero-order chi connectivity index (χ0) is 12.3. The van der Waals surface area contributed by atoms with Crippen molar-refractivity contribution in [2.75, 3.05) is 6.54 Å². The van der Waals surface area contributed by atoms with Crippen molar-refractivity contribution in [2.45, 2.75) is 36.7 Å². The third-order valence-corrected chi connectivity index (χ3v) is 4.54. The van der Waals surface area contributed by atoms with Crippen LogP contribution in [0.5, 0.6) is 0 Å². The average molecular weight is 254 g/mol. The number of nitrogens with one attached hydrogen (secondary N) is 2. The molecule has 2 atom stereocenters. The Morgan fingerprint density at radius 1 is 1.29 bits per heavy atom. The molecule has 2 unspecified atom stereocenters. The summed E-state index contributed by atoms with van der Waals surface area (Å²) in [6.07, 6.45) is 1.68. The first-order valence-electron chi connectivity index (χ1n) is 5.89. The van der Waals surface area contributed by atoms with Gasteiger partial charge in [-0.3, -0.25) is 0 Å². The van der Waals surface area contributed by atoms with Crippen LogP contribution in [0.15, 0.2) is 35.2 Å². The van der Waals surface area contributed by atoms with E-state index in [0.29, 0.717) is 10.9 Å². The highest BCUT2D eigenvalue weighted by atomic mass is 32.2. The second-order valence-electron chi connectivity index (χ2n) is 4.51. The van der Waals surface area contributed by atoms with Gasteiger partial charge in [0.2, 0.25) is 10.0 Å². The van der Waals surface area contributed by atoms with Crippen molar-refractivity contribution in [1.29, 1.82) is 0 Å². The molecule has 0 aromatic heterocycles. The predicted molar refractivity (Wildman–Crippen MR) is 67.3 cm³/mol. The third-order valence-electron chi connectivity index (χ3n) is 3.00. The van der Waals surface area contributed by atoms with Crippen LogP contribution >= 0.6 is 0 Å². The first kappa shape index (κ1) is 12.5. The van der Waals surface area contributed by atoms with E-state index in [1.807, 2.05) is 6.07 Å². The van der Waals surface area contributed by atoms with Crippen LogP contribution in [0.2, 0.25) is 0 Å². The largest absolute Gasteiger partial charge is 0.314 e. The van der Waals surface area contributed by atoms with Gasteiger partial charge in [0.1, 0.15) is 0 Å². The first-order chi connectivity index (χ1) is 8.08. The zero-order valence-corrected chi connectivity index (χ0v) is 10.7. The molecular formula is C12H18N2O2S. The summed E-state index contributed by atoms with van der Waals surface area (Å²) < 4.78 is 26.9. The highest BCUT2D eigenvalue weighted by Crippen LogP contribution is 2.13. The van der Waals surface area contributed by atoms with Gasteiger partial charge in [-0.05, 0) is 38.4 Å². The van der Waals surface area contributed by atoms with E-state index in [1.54, 1.807) is 24.3 Å². The summed E-state index contributed by atoms with van der Waals surface area (Å²) in [6, 6.07) is 8.92. The van der Waals surface area contributed by atoms with Gasteiger partial charge in [-0.2, -0.15) is 0 Å². The van der Waals surface area contributed by atoms with Crippen molar-refractivity contribution in [3.05, 3.63) is 30.3 Å². The van der Waals surface area contributed by atoms with E-state index in [9.17, 15) is 8.42 Å². The normalized spacial score (nSPS) is 25.7. The molecule has 1 aliphatic rings. The minimum absolute atomic E-state index is 0.0384. The summed E-state index contributed by atoms with van der Waals surface area (Å²) in [5, 5.41) is 3.30. The van der Waals surface area contributed by atoms with Crippen molar-refractivity contribution in [1.82, 2.24) is 10.0 Å². The molecule has 2 rings (SSSR count). The second kappa shape index (κ2) is 5.16. The van der Waals surface area contributed by atoms with Crippen molar-refractivity contribution >= 4 is 10.0 Å².